The van der Waals surface area contributed by atoms with Crippen LogP contribution in [0.2, 0.25) is 0 Å². The Morgan fingerprint density at radius 3 is 2.68 bits per heavy atom. The molecule has 1 amide bonds. The Kier molecular flexibility index (Phi) is 6.06. The van der Waals surface area contributed by atoms with Gasteiger partial charge in [0.1, 0.15) is 0 Å². The highest BCUT2D eigenvalue weighted by molar-refractivity contribution is 5.79. The molecule has 3 aliphatic heterocycles. The molecule has 3 fully saturated rings. The molecule has 3 rings (SSSR count). The van der Waals surface area contributed by atoms with Crippen LogP contribution in [0.3, 0.4) is 0 Å². The van der Waals surface area contributed by atoms with E-state index < -0.39 is 0 Å². The summed E-state index contributed by atoms with van der Waals surface area (Å²) in [6.07, 6.45) is 4.01. The summed E-state index contributed by atoms with van der Waals surface area (Å²) in [4.78, 5) is 16.6. The predicted molar refractivity (Wildman–Crippen MR) is 83.8 cm³/mol. The first-order valence-electron chi connectivity index (χ1n) is 8.73. The van der Waals surface area contributed by atoms with E-state index in [1.165, 1.54) is 6.42 Å². The average molecular weight is 311 g/mol. The van der Waals surface area contributed by atoms with Gasteiger partial charge in [0.2, 0.25) is 5.91 Å². The molecule has 2 unspecified atom stereocenters. The van der Waals surface area contributed by atoms with Crippen molar-refractivity contribution < 1.29 is 14.3 Å². The van der Waals surface area contributed by atoms with Crippen LogP contribution in [0, 0.1) is 0 Å². The first-order valence-corrected chi connectivity index (χ1v) is 8.73. The van der Waals surface area contributed by atoms with Gasteiger partial charge in [-0.15, -0.1) is 0 Å². The Labute approximate surface area is 133 Å². The topological polar surface area (TPSA) is 54.0 Å². The lowest BCUT2D eigenvalue weighted by Crippen LogP contribution is -2.43. The zero-order chi connectivity index (χ0) is 15.2. The highest BCUT2D eigenvalue weighted by atomic mass is 16.5. The van der Waals surface area contributed by atoms with Gasteiger partial charge in [-0.05, 0) is 19.3 Å². The first kappa shape index (κ1) is 16.2. The number of ether oxygens (including phenoxy) is 2. The van der Waals surface area contributed by atoms with Gasteiger partial charge in [0.25, 0.3) is 0 Å². The average Bonchev–Trinajstić information content (AvgIpc) is 2.73. The summed E-state index contributed by atoms with van der Waals surface area (Å²) in [6.45, 7) is 8.04. The zero-order valence-electron chi connectivity index (χ0n) is 13.5. The minimum atomic E-state index is 0.302. The third kappa shape index (κ3) is 4.65. The molecular formula is C16H29N3O3. The molecule has 6 nitrogen and oxygen atoms in total. The van der Waals surface area contributed by atoms with Crippen molar-refractivity contribution in [3.63, 3.8) is 0 Å². The minimum absolute atomic E-state index is 0.302. The fourth-order valence-corrected chi connectivity index (χ4v) is 3.59. The van der Waals surface area contributed by atoms with Crippen molar-refractivity contribution in [2.75, 3.05) is 59.2 Å². The molecule has 0 radical (unpaired) electrons. The van der Waals surface area contributed by atoms with Gasteiger partial charge >= 0.3 is 0 Å². The van der Waals surface area contributed by atoms with Crippen molar-refractivity contribution in [1.82, 2.24) is 15.1 Å². The second-order valence-corrected chi connectivity index (χ2v) is 6.60. The maximum Gasteiger partial charge on any atom is 0.224 e. The van der Waals surface area contributed by atoms with E-state index in [0.717, 1.165) is 72.0 Å². The quantitative estimate of drug-likeness (QED) is 0.779. The van der Waals surface area contributed by atoms with Gasteiger partial charge in [-0.3, -0.25) is 9.69 Å². The lowest BCUT2D eigenvalue weighted by Gasteiger charge is -2.28. The monoisotopic (exact) mass is 311 g/mol. The molecule has 126 valence electrons. The van der Waals surface area contributed by atoms with Crippen LogP contribution in [-0.2, 0) is 14.3 Å². The molecule has 3 saturated heterocycles. The number of carbonyl (C=O) groups is 1. The molecule has 2 atom stereocenters. The highest BCUT2D eigenvalue weighted by Gasteiger charge is 2.31. The third-order valence-electron chi connectivity index (χ3n) is 4.93. The minimum Gasteiger partial charge on any atom is -0.381 e. The summed E-state index contributed by atoms with van der Waals surface area (Å²) >= 11 is 0. The molecule has 0 saturated carbocycles. The zero-order valence-corrected chi connectivity index (χ0v) is 13.5. The smallest absolute Gasteiger partial charge is 0.224 e. The van der Waals surface area contributed by atoms with Gasteiger partial charge in [-0.1, -0.05) is 0 Å². The largest absolute Gasteiger partial charge is 0.381 e. The van der Waals surface area contributed by atoms with E-state index in [1.54, 1.807) is 0 Å². The Hall–Kier alpha value is -0.690. The number of nitrogens with one attached hydrogen (secondary N) is 1. The Balaban J connectivity index is 1.39. The van der Waals surface area contributed by atoms with E-state index in [1.807, 2.05) is 4.90 Å². The van der Waals surface area contributed by atoms with Crippen molar-refractivity contribution in [3.05, 3.63) is 0 Å². The van der Waals surface area contributed by atoms with E-state index in [2.05, 4.69) is 10.2 Å². The summed E-state index contributed by atoms with van der Waals surface area (Å²) < 4.78 is 10.9. The molecule has 0 aromatic carbocycles. The lowest BCUT2D eigenvalue weighted by molar-refractivity contribution is -0.128. The van der Waals surface area contributed by atoms with Crippen molar-refractivity contribution in [2.45, 2.75) is 37.8 Å². The van der Waals surface area contributed by atoms with Crippen LogP contribution in [0.1, 0.15) is 25.7 Å². The van der Waals surface area contributed by atoms with Crippen molar-refractivity contribution in [1.29, 1.82) is 0 Å². The second kappa shape index (κ2) is 8.24. The van der Waals surface area contributed by atoms with E-state index in [0.29, 0.717) is 24.4 Å². The summed E-state index contributed by atoms with van der Waals surface area (Å²) in [5, 5.41) is 3.68. The van der Waals surface area contributed by atoms with Crippen LogP contribution in [-0.4, -0.2) is 86.9 Å². The van der Waals surface area contributed by atoms with Crippen molar-refractivity contribution in [3.8, 4) is 0 Å². The van der Waals surface area contributed by atoms with Gasteiger partial charge in [0.05, 0.1) is 13.2 Å². The summed E-state index contributed by atoms with van der Waals surface area (Å²) in [5.74, 6) is 0.302. The standard InChI is InChI=1S/C16H29N3O3/c20-16-12-15(17-14-2-1-8-21-9-3-14)13-19(16)5-4-18-6-10-22-11-7-18/h14-15,17H,1-13H2. The predicted octanol–water partition coefficient (Wildman–Crippen LogP) is 0.0782. The fourth-order valence-electron chi connectivity index (χ4n) is 3.59. The number of hydrogen-bond acceptors (Lipinski definition) is 5. The third-order valence-corrected chi connectivity index (χ3v) is 4.93. The highest BCUT2D eigenvalue weighted by Crippen LogP contribution is 2.15. The summed E-state index contributed by atoms with van der Waals surface area (Å²) in [5.41, 5.74) is 0. The van der Waals surface area contributed by atoms with E-state index in [9.17, 15) is 4.79 Å². The van der Waals surface area contributed by atoms with Crippen LogP contribution < -0.4 is 5.32 Å². The number of rotatable bonds is 5. The van der Waals surface area contributed by atoms with Crippen LogP contribution in [0.25, 0.3) is 0 Å². The Morgan fingerprint density at radius 2 is 1.82 bits per heavy atom. The van der Waals surface area contributed by atoms with E-state index in [-0.39, 0.29) is 0 Å². The molecule has 0 aliphatic carbocycles. The van der Waals surface area contributed by atoms with Crippen molar-refractivity contribution >= 4 is 5.91 Å². The number of hydrogen-bond donors (Lipinski definition) is 1. The molecule has 22 heavy (non-hydrogen) atoms. The normalized spacial score (nSPS) is 31.5. The van der Waals surface area contributed by atoms with Gasteiger partial charge < -0.3 is 19.7 Å². The van der Waals surface area contributed by atoms with Gasteiger partial charge in [0.15, 0.2) is 0 Å². The van der Waals surface area contributed by atoms with Crippen LogP contribution in [0.5, 0.6) is 0 Å². The number of nitrogens with zero attached hydrogens (tertiary/aromatic N) is 2. The fraction of sp³-hybridized carbons (Fsp3) is 0.938. The van der Waals surface area contributed by atoms with Gasteiger partial charge in [0, 0.05) is 64.4 Å². The number of morpholine rings is 1. The number of likely N-dealkylation sites (tertiary alicyclic amines) is 1. The first-order chi connectivity index (χ1) is 10.8. The molecule has 3 aliphatic rings. The SMILES string of the molecule is O=C1CC(NC2CCCOCC2)CN1CCN1CCOCC1. The maximum atomic E-state index is 12.2. The molecule has 0 spiro atoms. The molecule has 1 N–H and O–H groups in total. The molecule has 0 aromatic rings. The molecular weight excluding hydrogens is 282 g/mol. The van der Waals surface area contributed by atoms with Crippen LogP contribution >= 0.6 is 0 Å². The number of amides is 1. The van der Waals surface area contributed by atoms with E-state index >= 15 is 0 Å². The molecule has 6 heteroatoms. The Bertz CT molecular complexity index is 353. The molecule has 0 aromatic heterocycles. The summed E-state index contributed by atoms with van der Waals surface area (Å²) in [6, 6.07) is 0.833. The van der Waals surface area contributed by atoms with Crippen molar-refractivity contribution in [2.24, 2.45) is 0 Å². The number of carbonyl (C=O) groups excluding carboxylic acids is 1. The van der Waals surface area contributed by atoms with Gasteiger partial charge in [-0.2, -0.15) is 0 Å². The molecule has 3 heterocycles. The lowest BCUT2D eigenvalue weighted by atomic mass is 10.1. The summed E-state index contributed by atoms with van der Waals surface area (Å²) in [7, 11) is 0. The Morgan fingerprint density at radius 1 is 1.00 bits per heavy atom. The van der Waals surface area contributed by atoms with Crippen LogP contribution in [0.15, 0.2) is 0 Å². The molecule has 0 bridgehead atoms. The second-order valence-electron chi connectivity index (χ2n) is 6.60. The van der Waals surface area contributed by atoms with Crippen LogP contribution in [0.4, 0.5) is 0 Å². The van der Waals surface area contributed by atoms with E-state index in [4.69, 9.17) is 9.47 Å². The maximum absolute atomic E-state index is 12.2. The van der Waals surface area contributed by atoms with Gasteiger partial charge in [-0.25, -0.2) is 0 Å².